The highest BCUT2D eigenvalue weighted by Crippen LogP contribution is 2.27. The van der Waals surface area contributed by atoms with Gasteiger partial charge < -0.3 is 14.9 Å². The van der Waals surface area contributed by atoms with E-state index < -0.39 is 12.1 Å². The van der Waals surface area contributed by atoms with Gasteiger partial charge in [0.05, 0.1) is 0 Å². The average Bonchev–Trinajstić information content (AvgIpc) is 2.26. The van der Waals surface area contributed by atoms with E-state index >= 15 is 0 Å². The lowest BCUT2D eigenvalue weighted by atomic mass is 10.1. The summed E-state index contributed by atoms with van der Waals surface area (Å²) in [5, 5.41) is 18.3. The van der Waals surface area contributed by atoms with E-state index in [1.165, 1.54) is 0 Å². The standard InChI is InChI=1S/C12H15NO4/c1-13-6-8(7-13)17-10-5-3-2-4-9(10)11(14)12(15)16/h2-5,8,11,14H,6-7H2,1H3,(H,15,16). The van der Waals surface area contributed by atoms with Gasteiger partial charge in [0.2, 0.25) is 0 Å². The van der Waals surface area contributed by atoms with Crippen molar-refractivity contribution in [2.75, 3.05) is 20.1 Å². The Labute approximate surface area is 99.2 Å². The van der Waals surface area contributed by atoms with E-state index in [0.717, 1.165) is 13.1 Å². The molecule has 1 atom stereocenters. The first-order valence-corrected chi connectivity index (χ1v) is 5.43. The summed E-state index contributed by atoms with van der Waals surface area (Å²) in [7, 11) is 1.98. The number of benzene rings is 1. The number of aliphatic hydroxyl groups excluding tert-OH is 1. The number of likely N-dealkylation sites (N-methyl/N-ethyl adjacent to an activating group) is 1. The third-order valence-corrected chi connectivity index (χ3v) is 2.77. The van der Waals surface area contributed by atoms with Gasteiger partial charge in [-0.2, -0.15) is 0 Å². The van der Waals surface area contributed by atoms with Gasteiger partial charge in [-0.3, -0.25) is 4.90 Å². The predicted octanol–water partition coefficient (Wildman–Crippen LogP) is 0.497. The Kier molecular flexibility index (Phi) is 3.31. The highest BCUT2D eigenvalue weighted by Gasteiger charge is 2.27. The summed E-state index contributed by atoms with van der Waals surface area (Å²) < 4.78 is 5.66. The summed E-state index contributed by atoms with van der Waals surface area (Å²) >= 11 is 0. The van der Waals surface area contributed by atoms with E-state index in [-0.39, 0.29) is 6.10 Å². The van der Waals surface area contributed by atoms with Crippen molar-refractivity contribution in [1.29, 1.82) is 0 Å². The van der Waals surface area contributed by atoms with Gasteiger partial charge >= 0.3 is 5.97 Å². The average molecular weight is 237 g/mol. The number of hydrogen-bond acceptors (Lipinski definition) is 4. The minimum Gasteiger partial charge on any atom is -0.487 e. The molecule has 2 N–H and O–H groups in total. The number of carboxylic acid groups (broad SMARTS) is 1. The fourth-order valence-corrected chi connectivity index (χ4v) is 1.84. The fraction of sp³-hybridized carbons (Fsp3) is 0.417. The second-order valence-corrected chi connectivity index (χ2v) is 4.24. The molecule has 17 heavy (non-hydrogen) atoms. The van der Waals surface area contributed by atoms with Crippen LogP contribution in [-0.4, -0.2) is 47.3 Å². The van der Waals surface area contributed by atoms with Crippen LogP contribution in [0.3, 0.4) is 0 Å². The van der Waals surface area contributed by atoms with Crippen molar-refractivity contribution in [2.24, 2.45) is 0 Å². The van der Waals surface area contributed by atoms with E-state index in [1.807, 2.05) is 7.05 Å². The van der Waals surface area contributed by atoms with Crippen molar-refractivity contribution in [1.82, 2.24) is 4.90 Å². The smallest absolute Gasteiger partial charge is 0.337 e. The lowest BCUT2D eigenvalue weighted by Gasteiger charge is -2.36. The first-order chi connectivity index (χ1) is 8.08. The number of nitrogens with zero attached hydrogens (tertiary/aromatic N) is 1. The van der Waals surface area contributed by atoms with Gasteiger partial charge in [0.15, 0.2) is 6.10 Å². The first-order valence-electron chi connectivity index (χ1n) is 5.43. The second kappa shape index (κ2) is 4.73. The summed E-state index contributed by atoms with van der Waals surface area (Å²) in [6.07, 6.45) is -1.47. The van der Waals surface area contributed by atoms with Crippen LogP contribution < -0.4 is 4.74 Å². The van der Waals surface area contributed by atoms with Crippen LogP contribution in [0.4, 0.5) is 0 Å². The molecule has 5 nitrogen and oxygen atoms in total. The van der Waals surface area contributed by atoms with E-state index in [0.29, 0.717) is 11.3 Å². The molecule has 0 radical (unpaired) electrons. The third kappa shape index (κ3) is 2.57. The molecule has 1 saturated heterocycles. The van der Waals surface area contributed by atoms with Gasteiger partial charge in [-0.15, -0.1) is 0 Å². The van der Waals surface area contributed by atoms with Crippen LogP contribution in [0.15, 0.2) is 24.3 Å². The molecule has 0 spiro atoms. The van der Waals surface area contributed by atoms with Crippen LogP contribution in [0.5, 0.6) is 5.75 Å². The molecule has 1 heterocycles. The van der Waals surface area contributed by atoms with Crippen molar-refractivity contribution in [3.05, 3.63) is 29.8 Å². The van der Waals surface area contributed by atoms with Gasteiger partial charge in [-0.05, 0) is 13.1 Å². The Morgan fingerprint density at radius 2 is 2.12 bits per heavy atom. The Balaban J connectivity index is 2.13. The van der Waals surface area contributed by atoms with Crippen LogP contribution in [0, 0.1) is 0 Å². The molecule has 0 amide bonds. The Morgan fingerprint density at radius 3 is 2.71 bits per heavy atom. The number of ether oxygens (including phenoxy) is 1. The number of hydrogen-bond donors (Lipinski definition) is 2. The van der Waals surface area contributed by atoms with E-state index in [1.54, 1.807) is 24.3 Å². The normalized spacial score (nSPS) is 18.5. The highest BCUT2D eigenvalue weighted by molar-refractivity contribution is 5.75. The molecular formula is C12H15NO4. The monoisotopic (exact) mass is 237 g/mol. The van der Waals surface area contributed by atoms with Crippen LogP contribution >= 0.6 is 0 Å². The fourth-order valence-electron chi connectivity index (χ4n) is 1.84. The Bertz CT molecular complexity index is 415. The molecule has 1 aromatic rings. The van der Waals surface area contributed by atoms with Crippen molar-refractivity contribution >= 4 is 5.97 Å². The number of carboxylic acids is 1. The molecule has 1 aromatic carbocycles. The van der Waals surface area contributed by atoms with E-state index in [4.69, 9.17) is 9.84 Å². The number of likely N-dealkylation sites (tertiary alicyclic amines) is 1. The molecule has 92 valence electrons. The molecule has 1 aliphatic rings. The second-order valence-electron chi connectivity index (χ2n) is 4.24. The van der Waals surface area contributed by atoms with Gasteiger partial charge in [0.25, 0.3) is 0 Å². The van der Waals surface area contributed by atoms with Crippen LogP contribution in [-0.2, 0) is 4.79 Å². The number of carbonyl (C=O) groups is 1. The molecule has 0 saturated carbocycles. The molecule has 0 bridgehead atoms. The minimum absolute atomic E-state index is 0.0714. The Hall–Kier alpha value is -1.59. The molecule has 1 aliphatic heterocycles. The maximum atomic E-state index is 10.8. The molecule has 0 aliphatic carbocycles. The zero-order valence-corrected chi connectivity index (χ0v) is 9.54. The summed E-state index contributed by atoms with van der Waals surface area (Å²) in [6, 6.07) is 6.69. The van der Waals surface area contributed by atoms with E-state index in [9.17, 15) is 9.90 Å². The maximum absolute atomic E-state index is 10.8. The van der Waals surface area contributed by atoms with Crippen LogP contribution in [0.25, 0.3) is 0 Å². The van der Waals surface area contributed by atoms with Gasteiger partial charge in [0, 0.05) is 18.7 Å². The van der Waals surface area contributed by atoms with Crippen LogP contribution in [0.2, 0.25) is 0 Å². The zero-order valence-electron chi connectivity index (χ0n) is 9.54. The van der Waals surface area contributed by atoms with E-state index in [2.05, 4.69) is 4.90 Å². The predicted molar refractivity (Wildman–Crippen MR) is 61.0 cm³/mol. The summed E-state index contributed by atoms with van der Waals surface area (Å²) in [5.41, 5.74) is 0.301. The maximum Gasteiger partial charge on any atom is 0.337 e. The molecule has 2 rings (SSSR count). The summed E-state index contributed by atoms with van der Waals surface area (Å²) in [4.78, 5) is 12.9. The van der Waals surface area contributed by atoms with Crippen LogP contribution in [0.1, 0.15) is 11.7 Å². The molecule has 1 unspecified atom stereocenters. The van der Waals surface area contributed by atoms with Crippen molar-refractivity contribution in [3.63, 3.8) is 0 Å². The first kappa shape index (κ1) is 11.9. The Morgan fingerprint density at radius 1 is 1.47 bits per heavy atom. The van der Waals surface area contributed by atoms with Crippen molar-refractivity contribution in [2.45, 2.75) is 12.2 Å². The van der Waals surface area contributed by atoms with Crippen molar-refractivity contribution < 1.29 is 19.7 Å². The summed E-state index contributed by atoms with van der Waals surface area (Å²) in [5.74, 6) is -0.827. The number of aliphatic carboxylic acids is 1. The zero-order chi connectivity index (χ0) is 12.4. The number of rotatable bonds is 4. The lowest BCUT2D eigenvalue weighted by molar-refractivity contribution is -0.147. The van der Waals surface area contributed by atoms with Gasteiger partial charge in [0.1, 0.15) is 11.9 Å². The highest BCUT2D eigenvalue weighted by atomic mass is 16.5. The topological polar surface area (TPSA) is 70.0 Å². The lowest BCUT2D eigenvalue weighted by Crippen LogP contribution is -2.51. The molecule has 0 aromatic heterocycles. The number of aliphatic hydroxyl groups is 1. The summed E-state index contributed by atoms with van der Waals surface area (Å²) in [6.45, 7) is 1.63. The number of para-hydroxylation sites is 1. The minimum atomic E-state index is -1.54. The third-order valence-electron chi connectivity index (χ3n) is 2.77. The van der Waals surface area contributed by atoms with Gasteiger partial charge in [-0.1, -0.05) is 18.2 Å². The SMILES string of the molecule is CN1CC(Oc2ccccc2C(O)C(=O)O)C1. The molecular weight excluding hydrogens is 222 g/mol. The van der Waals surface area contributed by atoms with Crippen molar-refractivity contribution in [3.8, 4) is 5.75 Å². The molecule has 5 heteroatoms. The largest absolute Gasteiger partial charge is 0.487 e. The quantitative estimate of drug-likeness (QED) is 0.798. The van der Waals surface area contributed by atoms with Gasteiger partial charge in [-0.25, -0.2) is 4.79 Å². The molecule has 1 fully saturated rings.